The Bertz CT molecular complexity index is 4160. The van der Waals surface area contributed by atoms with Crippen LogP contribution < -0.4 is 0 Å². The highest BCUT2D eigenvalue weighted by Crippen LogP contribution is 2.47. The van der Waals surface area contributed by atoms with Gasteiger partial charge < -0.3 is 4.40 Å². The van der Waals surface area contributed by atoms with Gasteiger partial charge in [-0.25, -0.2) is 0 Å². The van der Waals surface area contributed by atoms with E-state index in [4.69, 9.17) is 0 Å². The Kier molecular flexibility index (Phi) is 7.05. The monoisotopic (exact) mass is 801 g/mol. The largest absolute Gasteiger partial charge is 0.308 e. The van der Waals surface area contributed by atoms with Crippen molar-refractivity contribution in [3.05, 3.63) is 212 Å². The lowest BCUT2D eigenvalue weighted by Crippen LogP contribution is -1.91. The normalized spacial score (nSPS) is 12.2. The summed E-state index contributed by atoms with van der Waals surface area (Å²) in [5.74, 6) is 0. The number of aromatic nitrogens is 1. The van der Waals surface area contributed by atoms with E-state index in [9.17, 15) is 0 Å². The molecule has 0 unspecified atom stereocenters. The summed E-state index contributed by atoms with van der Waals surface area (Å²) in [5.41, 5.74) is 11.1. The van der Waals surface area contributed by atoms with E-state index in [1.54, 1.807) is 0 Å². The molecule has 3 heterocycles. The van der Waals surface area contributed by atoms with Gasteiger partial charge in [-0.3, -0.25) is 0 Å². The Labute approximate surface area is 360 Å². The van der Waals surface area contributed by atoms with E-state index in [1.165, 1.54) is 135 Å². The first-order valence-electron chi connectivity index (χ1n) is 21.4. The first kappa shape index (κ1) is 34.0. The van der Waals surface area contributed by atoms with Crippen LogP contribution in [0, 0.1) is 0 Å². The Morgan fingerprint density at radius 2 is 0.742 bits per heavy atom. The number of para-hydroxylation sites is 2. The second-order valence-corrected chi connectivity index (χ2v) is 17.8. The maximum absolute atomic E-state index is 2.54. The molecule has 0 saturated heterocycles. The van der Waals surface area contributed by atoms with Crippen LogP contribution in [0.1, 0.15) is 0 Å². The molecule has 0 N–H and O–H groups in total. The number of rotatable bonds is 3. The highest BCUT2D eigenvalue weighted by atomic mass is 32.1. The molecule has 0 radical (unpaired) electrons. The van der Waals surface area contributed by atoms with Gasteiger partial charge in [0.1, 0.15) is 0 Å². The van der Waals surface area contributed by atoms with Crippen LogP contribution in [0.2, 0.25) is 0 Å². The molecule has 3 aromatic heterocycles. The van der Waals surface area contributed by atoms with E-state index in [1.807, 2.05) is 11.3 Å². The van der Waals surface area contributed by atoms with Crippen molar-refractivity contribution >= 4 is 113 Å². The molecule has 0 aliphatic heterocycles. The van der Waals surface area contributed by atoms with Crippen LogP contribution >= 0.6 is 11.3 Å². The topological polar surface area (TPSA) is 4.41 Å². The van der Waals surface area contributed by atoms with Crippen molar-refractivity contribution in [3.63, 3.8) is 0 Å². The van der Waals surface area contributed by atoms with Crippen LogP contribution in [0.25, 0.3) is 135 Å². The van der Waals surface area contributed by atoms with E-state index in [0.717, 1.165) is 0 Å². The van der Waals surface area contributed by atoms with Crippen molar-refractivity contribution in [1.29, 1.82) is 0 Å². The number of nitrogens with zero attached hydrogens (tertiary/aromatic N) is 1. The predicted molar refractivity (Wildman–Crippen MR) is 269 cm³/mol. The van der Waals surface area contributed by atoms with Crippen LogP contribution in [0.15, 0.2) is 212 Å². The highest BCUT2D eigenvalue weighted by Gasteiger charge is 2.20. The third kappa shape index (κ3) is 4.73. The van der Waals surface area contributed by atoms with Gasteiger partial charge >= 0.3 is 0 Å². The number of benzene rings is 11. The molecule has 0 bridgehead atoms. The quantitative estimate of drug-likeness (QED) is 0.157. The highest BCUT2D eigenvalue weighted by molar-refractivity contribution is 7.26. The Morgan fingerprint density at radius 3 is 1.45 bits per heavy atom. The van der Waals surface area contributed by atoms with Crippen molar-refractivity contribution in [1.82, 2.24) is 4.40 Å². The summed E-state index contributed by atoms with van der Waals surface area (Å²) in [4.78, 5) is 0. The molecule has 0 saturated carbocycles. The summed E-state index contributed by atoms with van der Waals surface area (Å²) >= 11 is 1.90. The van der Waals surface area contributed by atoms with E-state index < -0.39 is 0 Å². The lowest BCUT2D eigenvalue weighted by atomic mass is 9.85. The van der Waals surface area contributed by atoms with Gasteiger partial charge in [0.05, 0.1) is 16.6 Å². The maximum atomic E-state index is 2.54. The standard InChI is InChI=1S/C60H35NS/c1-2-14-37-33-41(30-29-36(37)13-1)57-46-20-5-3-18-44(46)56(45-19-4-6-21-47(45)57)40-16-9-15-38(34-40)39-31-32-53-51(35-39)50-25-10-24-49-48-23-12-28-55-59(48)58-43(22-11-27-54(58)62-55)42-17-7-8-26-52(42)61(53)60(49)50/h1-35H. The van der Waals surface area contributed by atoms with E-state index >= 15 is 0 Å². The maximum Gasteiger partial charge on any atom is 0.0619 e. The van der Waals surface area contributed by atoms with Crippen LogP contribution in [-0.2, 0) is 0 Å². The number of hydrogen-bond donors (Lipinski definition) is 0. The first-order valence-corrected chi connectivity index (χ1v) is 22.2. The van der Waals surface area contributed by atoms with E-state index in [0.29, 0.717) is 0 Å². The van der Waals surface area contributed by atoms with Crippen molar-refractivity contribution in [2.45, 2.75) is 0 Å². The number of thiophene rings is 1. The zero-order valence-electron chi connectivity index (χ0n) is 33.6. The Balaban J connectivity index is 1.02. The molecule has 14 aromatic rings. The SMILES string of the molecule is c1cc(-c2ccc3c(c2)c2cccc4c5cccc6sc7cccc(c8ccccc8n3c42)c7c65)cc(-c2c3ccccc3c(-c3ccc4ccccc4c3)c3ccccc23)c1. The van der Waals surface area contributed by atoms with Gasteiger partial charge in [0, 0.05) is 41.7 Å². The molecular weight excluding hydrogens is 767 g/mol. The first-order chi connectivity index (χ1) is 30.8. The van der Waals surface area contributed by atoms with Gasteiger partial charge in [0.25, 0.3) is 0 Å². The van der Waals surface area contributed by atoms with Gasteiger partial charge in [0.2, 0.25) is 0 Å². The van der Waals surface area contributed by atoms with Crippen molar-refractivity contribution < 1.29 is 0 Å². The zero-order valence-corrected chi connectivity index (χ0v) is 34.4. The van der Waals surface area contributed by atoms with Gasteiger partial charge in [-0.1, -0.05) is 170 Å². The third-order valence-corrected chi connectivity index (χ3v) is 14.6. The fourth-order valence-corrected chi connectivity index (χ4v) is 12.0. The van der Waals surface area contributed by atoms with Crippen LogP contribution in [0.3, 0.4) is 0 Å². The summed E-state index contributed by atoms with van der Waals surface area (Å²) in [6.45, 7) is 0. The number of fused-ring (bicyclic) bond motifs is 10. The van der Waals surface area contributed by atoms with Crippen molar-refractivity contribution in [3.8, 4) is 33.4 Å². The van der Waals surface area contributed by atoms with Crippen LogP contribution in [0.5, 0.6) is 0 Å². The lowest BCUT2D eigenvalue weighted by molar-refractivity contribution is 1.35. The summed E-state index contributed by atoms with van der Waals surface area (Å²) in [6, 6.07) is 79.4. The average molecular weight is 802 g/mol. The fraction of sp³-hybridized carbons (Fsp3) is 0. The Morgan fingerprint density at radius 1 is 0.274 bits per heavy atom. The Hall–Kier alpha value is -7.78. The van der Waals surface area contributed by atoms with Gasteiger partial charge in [-0.05, 0) is 119 Å². The number of hydrogen-bond acceptors (Lipinski definition) is 1. The molecule has 0 spiro atoms. The molecule has 0 amide bonds. The molecular formula is C60H35NS. The van der Waals surface area contributed by atoms with Crippen LogP contribution in [0.4, 0.5) is 0 Å². The van der Waals surface area contributed by atoms with E-state index in [2.05, 4.69) is 217 Å². The molecule has 1 nitrogen and oxygen atoms in total. The zero-order chi connectivity index (χ0) is 40.5. The third-order valence-electron chi connectivity index (χ3n) is 13.5. The summed E-state index contributed by atoms with van der Waals surface area (Å²) in [7, 11) is 0. The minimum Gasteiger partial charge on any atom is -0.308 e. The molecule has 0 fully saturated rings. The molecule has 0 atom stereocenters. The van der Waals surface area contributed by atoms with Crippen LogP contribution in [-0.4, -0.2) is 4.40 Å². The summed E-state index contributed by atoms with van der Waals surface area (Å²) < 4.78 is 5.20. The smallest absolute Gasteiger partial charge is 0.0619 e. The lowest BCUT2D eigenvalue weighted by Gasteiger charge is -2.18. The second kappa shape index (κ2) is 12.9. The summed E-state index contributed by atoms with van der Waals surface area (Å²) in [5, 5.41) is 17.9. The second-order valence-electron chi connectivity index (χ2n) is 16.7. The van der Waals surface area contributed by atoms with E-state index in [-0.39, 0.29) is 0 Å². The van der Waals surface area contributed by atoms with Gasteiger partial charge in [-0.15, -0.1) is 11.3 Å². The minimum absolute atomic E-state index is 1.20. The van der Waals surface area contributed by atoms with Crippen molar-refractivity contribution in [2.24, 2.45) is 0 Å². The minimum atomic E-state index is 1.20. The molecule has 0 aliphatic carbocycles. The molecule has 14 rings (SSSR count). The molecule has 62 heavy (non-hydrogen) atoms. The van der Waals surface area contributed by atoms with Gasteiger partial charge in [-0.2, -0.15) is 0 Å². The average Bonchev–Trinajstić information content (AvgIpc) is 3.90. The summed E-state index contributed by atoms with van der Waals surface area (Å²) in [6.07, 6.45) is 0. The molecule has 2 heteroatoms. The predicted octanol–water partition coefficient (Wildman–Crippen LogP) is 17.4. The van der Waals surface area contributed by atoms with Gasteiger partial charge in [0.15, 0.2) is 0 Å². The fourth-order valence-electron chi connectivity index (χ4n) is 10.9. The van der Waals surface area contributed by atoms with Crippen molar-refractivity contribution in [2.75, 3.05) is 0 Å². The molecule has 0 aliphatic rings. The molecule has 286 valence electrons. The molecule has 11 aromatic carbocycles.